The summed E-state index contributed by atoms with van der Waals surface area (Å²) in [5, 5.41) is 16.5. The quantitative estimate of drug-likeness (QED) is 0.100. The number of hydrogen-bond acceptors (Lipinski definition) is 16. The number of carbonyl (C=O) groups excluding carboxylic acids is 7. The minimum absolute atomic E-state index is 0.0445. The summed E-state index contributed by atoms with van der Waals surface area (Å²) in [4.78, 5) is 98.0. The normalized spacial score (nSPS) is 30.9. The van der Waals surface area contributed by atoms with Crippen molar-refractivity contribution < 1.29 is 76.6 Å². The van der Waals surface area contributed by atoms with Gasteiger partial charge in [0, 0.05) is 31.1 Å². The van der Waals surface area contributed by atoms with Crippen LogP contribution in [0.2, 0.25) is 0 Å². The van der Waals surface area contributed by atoms with Crippen molar-refractivity contribution in [2.75, 3.05) is 13.2 Å². The van der Waals surface area contributed by atoms with Crippen molar-refractivity contribution in [1.29, 1.82) is 0 Å². The molecule has 7 rings (SSSR count). The van der Waals surface area contributed by atoms with Gasteiger partial charge in [0.1, 0.15) is 42.2 Å². The zero-order valence-electron chi connectivity index (χ0n) is 38.6. The molecule has 1 spiro atoms. The van der Waals surface area contributed by atoms with Gasteiger partial charge in [-0.05, 0) is 75.3 Å². The van der Waals surface area contributed by atoms with Crippen molar-refractivity contribution in [3.63, 3.8) is 0 Å². The average molecular weight is 1010 g/mol. The van der Waals surface area contributed by atoms with Crippen molar-refractivity contribution >= 4 is 76.7 Å². The summed E-state index contributed by atoms with van der Waals surface area (Å²) >= 11 is 17.5. The van der Waals surface area contributed by atoms with Crippen molar-refractivity contribution in [2.45, 2.75) is 132 Å². The summed E-state index contributed by atoms with van der Waals surface area (Å²) in [6.45, 7) is 10.8. The highest BCUT2D eigenvalue weighted by atomic mass is 35.6. The van der Waals surface area contributed by atoms with Crippen molar-refractivity contribution in [3.05, 3.63) is 82.9 Å². The summed E-state index contributed by atoms with van der Waals surface area (Å²) in [5.74, 6) is -6.11. The molecule has 17 nitrogen and oxygen atoms in total. The highest BCUT2D eigenvalue weighted by Crippen LogP contribution is 2.74. The first kappa shape index (κ1) is 50.9. The lowest BCUT2D eigenvalue weighted by Gasteiger charge is -2.64. The number of benzene rings is 2. The van der Waals surface area contributed by atoms with E-state index in [0.29, 0.717) is 0 Å². The first-order valence-corrected chi connectivity index (χ1v) is 23.2. The number of Topliss-reactive ketones (excluding diaryl/α,β-unsaturated/α-hetero) is 1. The van der Waals surface area contributed by atoms with Crippen LogP contribution in [0.25, 0.3) is 0 Å². The standard InChI is InChI=1S/C48H54Cl3NO16/c1-24-30(64-40(57)35(65-42(59)62-23-48(49,50)51)33(27-15-11-9-12-16-27)52-41(58)68-43(4,5)6)21-47(60)38(66-39(56)28-17-13-10-14-18-28)36-45(37(55)34(63-25(2)53)32(24)44(47,7)8)20-29(45)19-31-46(36,22-61-31)67-26(3)54/h9-18,29-31,33-36,38,60H,19-23H2,1-8H3,(H,52,58)/t29-,30?,31?,33+,34-,35?,36?,38?,45?,46+,47-/m1/s1. The molecule has 0 radical (unpaired) electrons. The van der Waals surface area contributed by atoms with E-state index in [0.717, 1.165) is 6.92 Å². The van der Waals surface area contributed by atoms with Crippen LogP contribution < -0.4 is 5.32 Å². The molecule has 2 N–H and O–H groups in total. The molecule has 1 saturated heterocycles. The van der Waals surface area contributed by atoms with Gasteiger partial charge < -0.3 is 48.3 Å². The number of ketones is 1. The second-order valence-electron chi connectivity index (χ2n) is 19.6. The van der Waals surface area contributed by atoms with Crippen LogP contribution in [0, 0.1) is 22.7 Å². The maximum Gasteiger partial charge on any atom is 0.509 e. The number of halogens is 3. The molecule has 1 aliphatic heterocycles. The molecule has 11 atom stereocenters. The van der Waals surface area contributed by atoms with E-state index in [1.807, 2.05) is 0 Å². The van der Waals surface area contributed by atoms with Crippen LogP contribution >= 0.6 is 34.8 Å². The Morgan fingerprint density at radius 2 is 1.53 bits per heavy atom. The van der Waals surface area contributed by atoms with Gasteiger partial charge in [-0.15, -0.1) is 0 Å². The Morgan fingerprint density at radius 1 is 0.897 bits per heavy atom. The zero-order chi connectivity index (χ0) is 49.9. The topological polar surface area (TPSA) is 226 Å². The number of ether oxygens (including phenoxy) is 8. The first-order chi connectivity index (χ1) is 31.6. The molecule has 68 heavy (non-hydrogen) atoms. The Morgan fingerprint density at radius 3 is 2.09 bits per heavy atom. The van der Waals surface area contributed by atoms with Crippen molar-refractivity contribution in [2.24, 2.45) is 22.7 Å². The first-order valence-electron chi connectivity index (χ1n) is 22.0. The Kier molecular flexibility index (Phi) is 13.8. The molecular weight excluding hydrogens is 953 g/mol. The maximum absolute atomic E-state index is 15.6. The summed E-state index contributed by atoms with van der Waals surface area (Å²) in [5.41, 5.74) is -7.62. The molecule has 2 bridgehead atoms. The third kappa shape index (κ3) is 9.53. The molecule has 2 aromatic carbocycles. The van der Waals surface area contributed by atoms with Gasteiger partial charge in [-0.2, -0.15) is 0 Å². The monoisotopic (exact) mass is 1010 g/mol. The van der Waals surface area contributed by atoms with Gasteiger partial charge in [0.2, 0.25) is 9.90 Å². The number of fused-ring (bicyclic) bond motifs is 4. The Bertz CT molecular complexity index is 2380. The maximum atomic E-state index is 15.6. The van der Waals surface area contributed by atoms with E-state index in [-0.39, 0.29) is 41.7 Å². The van der Waals surface area contributed by atoms with Gasteiger partial charge >= 0.3 is 36.1 Å². The fourth-order valence-electron chi connectivity index (χ4n) is 10.8. The molecule has 4 fully saturated rings. The fraction of sp³-hybridized carbons (Fsp3) is 0.562. The van der Waals surface area contributed by atoms with Crippen molar-refractivity contribution in [1.82, 2.24) is 5.32 Å². The summed E-state index contributed by atoms with van der Waals surface area (Å²) in [6.07, 6.45) is -10.5. The van der Waals surface area contributed by atoms with E-state index in [4.69, 9.17) is 72.7 Å². The number of esters is 4. The SMILES string of the molecule is CC(=O)O[C@H]1C(=O)C23C[C@H]2CC2OC[C@@]2(OC(C)=O)C3C(OC(=O)c2ccccc2)[C@]2(O)CC(OC(=O)C(OC(=O)OCC(Cl)(Cl)Cl)[C@@H](NC(=O)OC(C)(C)C)c3ccccc3)C(C)=C1C2(C)C. The molecule has 20 heteroatoms. The highest BCUT2D eigenvalue weighted by Gasteiger charge is 2.84. The molecule has 0 aromatic heterocycles. The molecule has 1 amide bonds. The third-order valence-electron chi connectivity index (χ3n) is 13.7. The van der Waals surface area contributed by atoms with E-state index < -0.39 is 135 Å². The molecule has 2 aromatic rings. The molecule has 368 valence electrons. The molecular formula is C48H54Cl3NO16. The number of rotatable bonds is 11. The summed E-state index contributed by atoms with van der Waals surface area (Å²) in [6, 6.07) is 14.3. The van der Waals surface area contributed by atoms with Gasteiger partial charge in [0.05, 0.1) is 18.1 Å². The molecule has 1 heterocycles. The predicted molar refractivity (Wildman–Crippen MR) is 240 cm³/mol. The van der Waals surface area contributed by atoms with Gasteiger partial charge in [0.15, 0.2) is 17.5 Å². The van der Waals surface area contributed by atoms with Crippen LogP contribution in [0.3, 0.4) is 0 Å². The van der Waals surface area contributed by atoms with E-state index >= 15 is 9.59 Å². The second kappa shape index (κ2) is 18.4. The second-order valence-corrected chi connectivity index (χ2v) is 22.1. The molecule has 6 unspecified atom stereocenters. The van der Waals surface area contributed by atoms with Gasteiger partial charge in [-0.25, -0.2) is 19.2 Å². The van der Waals surface area contributed by atoms with E-state index in [9.17, 15) is 29.1 Å². The fourth-order valence-corrected chi connectivity index (χ4v) is 11.0. The lowest BCUT2D eigenvalue weighted by molar-refractivity contribution is -0.323. The number of alkyl carbamates (subject to hydrolysis) is 1. The van der Waals surface area contributed by atoms with Crippen LogP contribution in [0.15, 0.2) is 71.8 Å². The van der Waals surface area contributed by atoms with Crippen LogP contribution in [-0.4, -0.2) is 111 Å². The Labute approximate surface area is 407 Å². The van der Waals surface area contributed by atoms with Gasteiger partial charge in [-0.1, -0.05) is 97.2 Å². The van der Waals surface area contributed by atoms with Crippen LogP contribution in [0.4, 0.5) is 9.59 Å². The third-order valence-corrected chi connectivity index (χ3v) is 14.1. The lowest BCUT2D eigenvalue weighted by atomic mass is 9.48. The number of nitrogens with one attached hydrogen (secondary N) is 1. The predicted octanol–water partition coefficient (Wildman–Crippen LogP) is 7.00. The van der Waals surface area contributed by atoms with Crippen LogP contribution in [0.5, 0.6) is 0 Å². The highest BCUT2D eigenvalue weighted by molar-refractivity contribution is 6.67. The Balaban J connectivity index is 1.40. The van der Waals surface area contributed by atoms with Crippen molar-refractivity contribution in [3.8, 4) is 0 Å². The molecule has 4 aliphatic carbocycles. The molecule has 3 saturated carbocycles. The minimum Gasteiger partial charge on any atom is -0.455 e. The summed E-state index contributed by atoms with van der Waals surface area (Å²) in [7, 11) is 0. The van der Waals surface area contributed by atoms with E-state index in [1.54, 1.807) is 71.0 Å². The van der Waals surface area contributed by atoms with Crippen LogP contribution in [0.1, 0.15) is 96.6 Å². The Hall–Kier alpha value is -4.94. The largest absolute Gasteiger partial charge is 0.509 e. The lowest BCUT2D eigenvalue weighted by Crippen LogP contribution is -2.78. The number of carbonyl (C=O) groups is 7. The summed E-state index contributed by atoms with van der Waals surface area (Å²) < 4.78 is 45.0. The van der Waals surface area contributed by atoms with E-state index in [2.05, 4.69) is 5.32 Å². The van der Waals surface area contributed by atoms with Crippen LogP contribution in [-0.2, 0) is 57.1 Å². The smallest absolute Gasteiger partial charge is 0.455 e. The number of aliphatic hydroxyl groups is 1. The van der Waals surface area contributed by atoms with E-state index in [1.165, 1.54) is 38.1 Å². The number of hydrogen-bond donors (Lipinski definition) is 2. The average Bonchev–Trinajstić information content (AvgIpc) is 3.97. The minimum atomic E-state index is -2.36. The number of alkyl halides is 3. The van der Waals surface area contributed by atoms with Gasteiger partial charge in [-0.3, -0.25) is 14.4 Å². The number of amides is 1. The zero-order valence-corrected chi connectivity index (χ0v) is 40.9. The van der Waals surface area contributed by atoms with Gasteiger partial charge in [0.25, 0.3) is 0 Å². The molecule has 5 aliphatic rings.